The van der Waals surface area contributed by atoms with Crippen LogP contribution in [0.3, 0.4) is 0 Å². The smallest absolute Gasteiger partial charge is 0.374 e. The van der Waals surface area contributed by atoms with Crippen LogP contribution in [-0.4, -0.2) is 0 Å². The number of allylic oxidation sites excluding steroid dienone is 2. The lowest BCUT2D eigenvalue weighted by atomic mass is 10.3. The predicted molar refractivity (Wildman–Crippen MR) is 127 cm³/mol. The van der Waals surface area contributed by atoms with Crippen LogP contribution in [0.2, 0.25) is 10.0 Å². The molecule has 0 saturated heterocycles. The zero-order chi connectivity index (χ0) is 17.4. The van der Waals surface area contributed by atoms with E-state index in [1.54, 1.807) is 6.07 Å². The molecule has 2 heterocycles. The van der Waals surface area contributed by atoms with Gasteiger partial charge in [0.05, 0.1) is 11.8 Å². The van der Waals surface area contributed by atoms with Crippen LogP contribution in [0.1, 0.15) is 42.5 Å². The van der Waals surface area contributed by atoms with E-state index in [0.717, 1.165) is 35.0 Å². The van der Waals surface area contributed by atoms with Crippen LogP contribution in [0.25, 0.3) is 17.2 Å². The predicted octanol–water partition coefficient (Wildman–Crippen LogP) is 7.95. The van der Waals surface area contributed by atoms with E-state index < -0.39 is 0 Å². The summed E-state index contributed by atoms with van der Waals surface area (Å²) in [5.74, 6) is 2.14. The summed E-state index contributed by atoms with van der Waals surface area (Å²) in [6.45, 7) is 2.84. The summed E-state index contributed by atoms with van der Waals surface area (Å²) in [5.41, 5.74) is 2.63. The summed E-state index contributed by atoms with van der Waals surface area (Å²) >= 11 is 12.1. The van der Waals surface area contributed by atoms with Crippen molar-refractivity contribution in [1.82, 2.24) is 0 Å². The molecule has 0 amide bonds. The van der Waals surface area contributed by atoms with Gasteiger partial charge in [-0.25, -0.2) is 0 Å². The molecule has 4 rings (SSSR count). The van der Waals surface area contributed by atoms with Crippen LogP contribution in [0, 0.1) is 0 Å². The van der Waals surface area contributed by atoms with E-state index in [1.165, 1.54) is 0 Å². The lowest BCUT2D eigenvalue weighted by Gasteiger charge is -1.94. The summed E-state index contributed by atoms with van der Waals surface area (Å²) in [6.07, 6.45) is 5.61. The van der Waals surface area contributed by atoms with Gasteiger partial charge >= 0.3 is 5.89 Å². The maximum absolute atomic E-state index is 6.09. The Kier molecular flexibility index (Phi) is 10.0. The molecular formula is C23H31Cl2N2O2+. The van der Waals surface area contributed by atoms with Gasteiger partial charge in [0.25, 0.3) is 5.52 Å². The monoisotopic (exact) mass is 437 g/mol. The summed E-state index contributed by atoms with van der Waals surface area (Å²) in [5, 5.41) is 4.52. The number of anilines is 1. The highest BCUT2D eigenvalue weighted by atomic mass is 35.5. The number of hydrogen-bond donors (Lipinski definition) is 1. The molecule has 158 valence electrons. The molecule has 0 unspecified atom stereocenters. The molecule has 0 aliphatic carbocycles. The van der Waals surface area contributed by atoms with Crippen molar-refractivity contribution in [3.8, 4) is 5.75 Å². The van der Waals surface area contributed by atoms with Crippen LogP contribution >= 0.6 is 23.2 Å². The van der Waals surface area contributed by atoms with Gasteiger partial charge in [-0.15, -0.1) is 0 Å². The number of ether oxygens (including phenoxy) is 1. The first kappa shape index (κ1) is 26.6. The maximum atomic E-state index is 6.09. The highest BCUT2D eigenvalue weighted by Gasteiger charge is 2.19. The third-order valence-corrected chi connectivity index (χ3v) is 4.38. The minimum absolute atomic E-state index is 0. The van der Waals surface area contributed by atoms with E-state index >= 15 is 0 Å². The van der Waals surface area contributed by atoms with Crippen LogP contribution < -0.4 is 14.6 Å². The zero-order valence-electron chi connectivity index (χ0n) is 13.4. The average molecular weight is 438 g/mol. The SMILES string of the molecule is C.C.C.C.CC[n+]1c(C=CC=C2Nc3cc(Cl)ccc3O2)oc2ccc(Cl)cc21. The Morgan fingerprint density at radius 2 is 1.69 bits per heavy atom. The first-order chi connectivity index (χ1) is 12.1. The second-order valence-electron chi connectivity index (χ2n) is 5.55. The fourth-order valence-electron chi connectivity index (χ4n) is 2.78. The van der Waals surface area contributed by atoms with Crippen molar-refractivity contribution in [2.75, 3.05) is 5.32 Å². The van der Waals surface area contributed by atoms with Crippen molar-refractivity contribution in [3.63, 3.8) is 0 Å². The number of benzene rings is 2. The topological polar surface area (TPSA) is 38.3 Å². The van der Waals surface area contributed by atoms with E-state index in [0.29, 0.717) is 15.9 Å². The fraction of sp³-hybridized carbons (Fsp3) is 0.261. The third-order valence-electron chi connectivity index (χ3n) is 3.91. The number of halogens is 2. The summed E-state index contributed by atoms with van der Waals surface area (Å²) < 4.78 is 13.7. The Hall–Kier alpha value is -2.43. The zero-order valence-corrected chi connectivity index (χ0v) is 14.9. The Bertz CT molecular complexity index is 1020. The Labute approximate surface area is 184 Å². The second kappa shape index (κ2) is 10.9. The van der Waals surface area contributed by atoms with Gasteiger partial charge in [-0.3, -0.25) is 0 Å². The molecular weight excluding hydrogens is 407 g/mol. The molecule has 0 spiro atoms. The first-order valence-electron chi connectivity index (χ1n) is 7.89. The molecule has 0 bridgehead atoms. The van der Waals surface area contributed by atoms with Gasteiger partial charge in [0, 0.05) is 16.1 Å². The highest BCUT2D eigenvalue weighted by molar-refractivity contribution is 6.31. The van der Waals surface area contributed by atoms with Crippen molar-refractivity contribution >= 4 is 46.1 Å². The number of hydrogen-bond acceptors (Lipinski definition) is 3. The van der Waals surface area contributed by atoms with E-state index in [9.17, 15) is 0 Å². The molecule has 2 aromatic carbocycles. The summed E-state index contributed by atoms with van der Waals surface area (Å²) in [6, 6.07) is 11.1. The number of oxazole rings is 1. The minimum Gasteiger partial charge on any atom is -0.439 e. The molecule has 0 saturated carbocycles. The van der Waals surface area contributed by atoms with Crippen molar-refractivity contribution in [3.05, 3.63) is 70.4 Å². The largest absolute Gasteiger partial charge is 0.439 e. The maximum Gasteiger partial charge on any atom is 0.374 e. The number of aryl methyl sites for hydroxylation is 1. The molecule has 0 atom stereocenters. The van der Waals surface area contributed by atoms with Crippen LogP contribution in [-0.2, 0) is 6.54 Å². The molecule has 4 nitrogen and oxygen atoms in total. The van der Waals surface area contributed by atoms with E-state index in [4.69, 9.17) is 32.4 Å². The molecule has 29 heavy (non-hydrogen) atoms. The summed E-state index contributed by atoms with van der Waals surface area (Å²) in [4.78, 5) is 0. The number of rotatable bonds is 3. The van der Waals surface area contributed by atoms with Gasteiger partial charge in [0.15, 0.2) is 11.6 Å². The molecule has 0 radical (unpaired) electrons. The van der Waals surface area contributed by atoms with Crippen LogP contribution in [0.15, 0.2) is 58.9 Å². The molecule has 3 aromatic rings. The normalized spacial score (nSPS) is 12.9. The minimum atomic E-state index is 0. The van der Waals surface area contributed by atoms with Crippen molar-refractivity contribution in [1.29, 1.82) is 0 Å². The van der Waals surface area contributed by atoms with Crippen molar-refractivity contribution < 1.29 is 13.7 Å². The van der Waals surface area contributed by atoms with Gasteiger partial charge in [0.2, 0.25) is 5.58 Å². The van der Waals surface area contributed by atoms with Crippen LogP contribution in [0.5, 0.6) is 5.75 Å². The number of aromatic nitrogens is 1. The number of fused-ring (bicyclic) bond motifs is 2. The number of nitrogens with zero attached hydrogens (tertiary/aromatic N) is 1. The number of nitrogens with one attached hydrogen (secondary N) is 1. The van der Waals surface area contributed by atoms with Crippen molar-refractivity contribution in [2.24, 2.45) is 0 Å². The highest BCUT2D eigenvalue weighted by Crippen LogP contribution is 2.35. The van der Waals surface area contributed by atoms with Gasteiger partial charge in [-0.05, 0) is 49.4 Å². The molecule has 1 aliphatic rings. The fourth-order valence-corrected chi connectivity index (χ4v) is 3.12. The molecule has 1 N–H and O–H groups in total. The average Bonchev–Trinajstić information content (AvgIpc) is 3.14. The summed E-state index contributed by atoms with van der Waals surface area (Å²) in [7, 11) is 0. The molecule has 1 aromatic heterocycles. The Morgan fingerprint density at radius 1 is 1.00 bits per heavy atom. The molecule has 6 heteroatoms. The standard InChI is InChI=1S/C19H14Cl2N2O2.4CH4/c1-2-23-15-11-13(21)7-9-17(15)25-19(23)5-3-4-18-22-14-10-12(20)6-8-16(14)24-18;;;;/h3-11H,2H2,1H3;4*1H4/p+1. The van der Waals surface area contributed by atoms with E-state index in [2.05, 4.69) is 16.8 Å². The Morgan fingerprint density at radius 3 is 2.41 bits per heavy atom. The first-order valence-corrected chi connectivity index (χ1v) is 8.64. The third kappa shape index (κ3) is 5.34. The van der Waals surface area contributed by atoms with Gasteiger partial charge in [0.1, 0.15) is 6.54 Å². The van der Waals surface area contributed by atoms with E-state index in [-0.39, 0.29) is 29.7 Å². The lowest BCUT2D eigenvalue weighted by Crippen LogP contribution is -2.33. The van der Waals surface area contributed by atoms with Crippen molar-refractivity contribution in [2.45, 2.75) is 43.2 Å². The van der Waals surface area contributed by atoms with Gasteiger partial charge in [-0.2, -0.15) is 4.57 Å². The second-order valence-corrected chi connectivity index (χ2v) is 6.43. The van der Waals surface area contributed by atoms with Crippen LogP contribution in [0.4, 0.5) is 5.69 Å². The quantitative estimate of drug-likeness (QED) is 0.422. The van der Waals surface area contributed by atoms with E-state index in [1.807, 2.05) is 48.6 Å². The van der Waals surface area contributed by atoms with Gasteiger partial charge in [-0.1, -0.05) is 52.9 Å². The molecule has 0 fully saturated rings. The van der Waals surface area contributed by atoms with Gasteiger partial charge < -0.3 is 14.5 Å². The molecule has 1 aliphatic heterocycles. The lowest BCUT2D eigenvalue weighted by molar-refractivity contribution is -0.674. The Balaban J connectivity index is 0.00000196.